The quantitative estimate of drug-likeness (QED) is 0.833. The molecule has 0 amide bonds. The van der Waals surface area contributed by atoms with Crippen molar-refractivity contribution in [3.63, 3.8) is 0 Å². The summed E-state index contributed by atoms with van der Waals surface area (Å²) in [4.78, 5) is 2.49. The van der Waals surface area contributed by atoms with E-state index in [1.807, 2.05) is 6.07 Å². The summed E-state index contributed by atoms with van der Waals surface area (Å²) >= 11 is 6.22. The van der Waals surface area contributed by atoms with Crippen LogP contribution in [-0.2, 0) is 0 Å². The monoisotopic (exact) mass is 324 g/mol. The molecule has 1 atom stereocenters. The molecule has 1 aromatic carbocycles. The Bertz CT molecular complexity index is 534. The molecule has 5 heteroatoms. The number of ether oxygens (including phenoxy) is 2. The summed E-state index contributed by atoms with van der Waals surface area (Å²) in [5, 5.41) is 3.98. The summed E-state index contributed by atoms with van der Waals surface area (Å²) in [7, 11) is 3.24. The van der Waals surface area contributed by atoms with Gasteiger partial charge in [0.05, 0.1) is 24.8 Å². The lowest BCUT2D eigenvalue weighted by molar-refractivity contribution is 0.266. The lowest BCUT2D eigenvalue weighted by atomic mass is 10.1. The molecule has 1 saturated heterocycles. The second-order valence-corrected chi connectivity index (χ2v) is 5.85. The fourth-order valence-corrected chi connectivity index (χ4v) is 3.30. The van der Waals surface area contributed by atoms with Crippen molar-refractivity contribution < 1.29 is 9.47 Å². The van der Waals surface area contributed by atoms with Crippen molar-refractivity contribution in [2.24, 2.45) is 0 Å². The van der Waals surface area contributed by atoms with Gasteiger partial charge in [0.1, 0.15) is 11.5 Å². The average molecular weight is 325 g/mol. The Kier molecular flexibility index (Phi) is 5.98. The zero-order valence-electron chi connectivity index (χ0n) is 13.6. The highest BCUT2D eigenvalue weighted by Crippen LogP contribution is 2.38. The normalized spacial score (nSPS) is 18.3. The first-order valence-electron chi connectivity index (χ1n) is 7.70. The number of rotatable bonds is 7. The molecule has 2 rings (SSSR count). The number of likely N-dealkylation sites (tertiary alicyclic amines) is 1. The van der Waals surface area contributed by atoms with Crippen molar-refractivity contribution >= 4 is 17.3 Å². The number of benzene rings is 1. The van der Waals surface area contributed by atoms with E-state index in [2.05, 4.69) is 23.7 Å². The number of methoxy groups -OCH3 is 2. The second kappa shape index (κ2) is 7.75. The van der Waals surface area contributed by atoms with Gasteiger partial charge in [0, 0.05) is 18.3 Å². The number of hydrogen-bond acceptors (Lipinski definition) is 4. The third-order valence-electron chi connectivity index (χ3n) is 4.25. The van der Waals surface area contributed by atoms with Crippen LogP contribution in [0.2, 0.25) is 5.02 Å². The number of nitrogens with zero attached hydrogens (tertiary/aromatic N) is 1. The van der Waals surface area contributed by atoms with E-state index in [0.29, 0.717) is 22.6 Å². The molecule has 0 aliphatic carbocycles. The van der Waals surface area contributed by atoms with E-state index in [1.54, 1.807) is 20.3 Å². The van der Waals surface area contributed by atoms with E-state index in [1.165, 1.54) is 19.4 Å². The maximum absolute atomic E-state index is 6.22. The topological polar surface area (TPSA) is 33.7 Å². The highest BCUT2D eigenvalue weighted by Gasteiger charge is 2.24. The van der Waals surface area contributed by atoms with Crippen molar-refractivity contribution in [3.8, 4) is 11.5 Å². The SMILES string of the molecule is C=C(NCC1CCCN1CC)c1c(OC)ccc(Cl)c1OC. The highest BCUT2D eigenvalue weighted by molar-refractivity contribution is 6.32. The lowest BCUT2D eigenvalue weighted by Gasteiger charge is -2.25. The van der Waals surface area contributed by atoms with Gasteiger partial charge in [-0.2, -0.15) is 0 Å². The van der Waals surface area contributed by atoms with Crippen LogP contribution in [0.5, 0.6) is 11.5 Å². The maximum atomic E-state index is 6.22. The fraction of sp³-hybridized carbons (Fsp3) is 0.529. The average Bonchev–Trinajstić information content (AvgIpc) is 2.99. The van der Waals surface area contributed by atoms with Crippen LogP contribution >= 0.6 is 11.6 Å². The van der Waals surface area contributed by atoms with Crippen molar-refractivity contribution in [3.05, 3.63) is 29.3 Å². The minimum absolute atomic E-state index is 0.553. The Morgan fingerprint density at radius 2 is 2.18 bits per heavy atom. The summed E-state index contributed by atoms with van der Waals surface area (Å²) in [6.45, 7) is 9.48. The molecular weight excluding hydrogens is 300 g/mol. The molecule has 0 radical (unpaired) electrons. The number of nitrogens with one attached hydrogen (secondary N) is 1. The van der Waals surface area contributed by atoms with Gasteiger partial charge in [0.2, 0.25) is 0 Å². The Balaban J connectivity index is 2.13. The highest BCUT2D eigenvalue weighted by atomic mass is 35.5. The Labute approximate surface area is 138 Å². The van der Waals surface area contributed by atoms with E-state index < -0.39 is 0 Å². The summed E-state index contributed by atoms with van der Waals surface area (Å²) in [6, 6.07) is 4.16. The zero-order chi connectivity index (χ0) is 16.1. The van der Waals surface area contributed by atoms with Gasteiger partial charge in [-0.15, -0.1) is 0 Å². The summed E-state index contributed by atoms with van der Waals surface area (Å²) < 4.78 is 10.9. The molecule has 1 aliphatic heterocycles. The summed E-state index contributed by atoms with van der Waals surface area (Å²) in [6.07, 6.45) is 2.48. The van der Waals surface area contributed by atoms with Crippen LogP contribution < -0.4 is 14.8 Å². The molecule has 1 heterocycles. The molecule has 0 spiro atoms. The van der Waals surface area contributed by atoms with Crippen molar-refractivity contribution in [1.29, 1.82) is 0 Å². The largest absolute Gasteiger partial charge is 0.496 e. The zero-order valence-corrected chi connectivity index (χ0v) is 14.4. The molecule has 1 fully saturated rings. The van der Waals surface area contributed by atoms with E-state index in [-0.39, 0.29) is 0 Å². The van der Waals surface area contributed by atoms with Gasteiger partial charge in [-0.05, 0) is 38.1 Å². The standard InChI is InChI=1S/C17H25ClN2O2/c1-5-20-10-6-7-13(20)11-19-12(2)16-15(21-3)9-8-14(18)17(16)22-4/h8-9,13,19H,2,5-7,10-11H2,1,3-4H3. The Morgan fingerprint density at radius 1 is 1.41 bits per heavy atom. The second-order valence-electron chi connectivity index (χ2n) is 5.44. The molecule has 1 aliphatic rings. The number of likely N-dealkylation sites (N-methyl/N-ethyl adjacent to an activating group) is 1. The Hall–Kier alpha value is -1.39. The predicted molar refractivity (Wildman–Crippen MR) is 91.9 cm³/mol. The molecular formula is C17H25ClN2O2. The predicted octanol–water partition coefficient (Wildman–Crippen LogP) is 3.40. The minimum atomic E-state index is 0.553. The summed E-state index contributed by atoms with van der Waals surface area (Å²) in [5.41, 5.74) is 1.57. The van der Waals surface area contributed by atoms with E-state index in [9.17, 15) is 0 Å². The van der Waals surface area contributed by atoms with Crippen molar-refractivity contribution in [1.82, 2.24) is 10.2 Å². The van der Waals surface area contributed by atoms with E-state index in [4.69, 9.17) is 21.1 Å². The lowest BCUT2D eigenvalue weighted by Crippen LogP contribution is -2.37. The molecule has 1 N–H and O–H groups in total. The first-order chi connectivity index (χ1) is 10.6. The van der Waals surface area contributed by atoms with Crippen LogP contribution in [-0.4, -0.2) is 44.8 Å². The molecule has 0 aromatic heterocycles. The molecule has 122 valence electrons. The smallest absolute Gasteiger partial charge is 0.150 e. The molecule has 22 heavy (non-hydrogen) atoms. The van der Waals surface area contributed by atoms with E-state index in [0.717, 1.165) is 24.4 Å². The van der Waals surface area contributed by atoms with Crippen molar-refractivity contribution in [2.45, 2.75) is 25.8 Å². The molecule has 0 saturated carbocycles. The van der Waals surface area contributed by atoms with Gasteiger partial charge in [-0.1, -0.05) is 25.1 Å². The van der Waals surface area contributed by atoms with Gasteiger partial charge in [-0.25, -0.2) is 0 Å². The van der Waals surface area contributed by atoms with Crippen LogP contribution in [0.25, 0.3) is 5.70 Å². The van der Waals surface area contributed by atoms with Crippen LogP contribution in [0, 0.1) is 0 Å². The molecule has 0 bridgehead atoms. The third kappa shape index (κ3) is 3.50. The first-order valence-corrected chi connectivity index (χ1v) is 8.07. The van der Waals surface area contributed by atoms with Gasteiger partial charge in [0.25, 0.3) is 0 Å². The molecule has 1 aromatic rings. The van der Waals surface area contributed by atoms with Gasteiger partial charge < -0.3 is 14.8 Å². The van der Waals surface area contributed by atoms with Crippen LogP contribution in [0.4, 0.5) is 0 Å². The molecule has 4 nitrogen and oxygen atoms in total. The van der Waals surface area contributed by atoms with Gasteiger partial charge >= 0.3 is 0 Å². The fourth-order valence-electron chi connectivity index (χ4n) is 3.07. The Morgan fingerprint density at radius 3 is 2.82 bits per heavy atom. The first kappa shape index (κ1) is 17.0. The van der Waals surface area contributed by atoms with Crippen LogP contribution in [0.1, 0.15) is 25.3 Å². The van der Waals surface area contributed by atoms with Crippen molar-refractivity contribution in [2.75, 3.05) is 33.9 Å². The van der Waals surface area contributed by atoms with Gasteiger partial charge in [-0.3, -0.25) is 4.90 Å². The number of hydrogen-bond donors (Lipinski definition) is 1. The van der Waals surface area contributed by atoms with Crippen LogP contribution in [0.3, 0.4) is 0 Å². The number of halogens is 1. The minimum Gasteiger partial charge on any atom is -0.496 e. The third-order valence-corrected chi connectivity index (χ3v) is 4.55. The molecule has 1 unspecified atom stereocenters. The van der Waals surface area contributed by atoms with E-state index >= 15 is 0 Å². The van der Waals surface area contributed by atoms with Crippen LogP contribution in [0.15, 0.2) is 18.7 Å². The summed E-state index contributed by atoms with van der Waals surface area (Å²) in [5.74, 6) is 1.30. The maximum Gasteiger partial charge on any atom is 0.150 e. The van der Waals surface area contributed by atoms with Gasteiger partial charge in [0.15, 0.2) is 0 Å².